The van der Waals surface area contributed by atoms with Crippen LogP contribution in [0.25, 0.3) is 15.9 Å². The zero-order valence-corrected chi connectivity index (χ0v) is 20.5. The van der Waals surface area contributed by atoms with Gasteiger partial charge in [-0.3, -0.25) is 14.2 Å². The summed E-state index contributed by atoms with van der Waals surface area (Å²) in [6.07, 6.45) is 0. The van der Waals surface area contributed by atoms with Crippen molar-refractivity contribution in [1.82, 2.24) is 14.0 Å². The monoisotopic (exact) mass is 490 g/mol. The fraction of sp³-hybridized carbons (Fsp3) is 0.269. The van der Waals surface area contributed by atoms with Crippen LogP contribution >= 0.6 is 11.3 Å². The summed E-state index contributed by atoms with van der Waals surface area (Å²) in [6.45, 7) is 4.26. The van der Waals surface area contributed by atoms with Gasteiger partial charge in [-0.2, -0.15) is 0 Å². The van der Waals surface area contributed by atoms with E-state index in [-0.39, 0.29) is 18.0 Å². The van der Waals surface area contributed by atoms with Gasteiger partial charge < -0.3 is 14.5 Å². The van der Waals surface area contributed by atoms with Crippen LogP contribution in [0, 0.1) is 6.92 Å². The van der Waals surface area contributed by atoms with Crippen LogP contribution in [0.2, 0.25) is 0 Å². The van der Waals surface area contributed by atoms with Crippen LogP contribution in [-0.4, -0.2) is 53.2 Å². The number of fused-ring (bicyclic) bond motifs is 1. The van der Waals surface area contributed by atoms with Gasteiger partial charge in [-0.15, -0.1) is 11.3 Å². The van der Waals surface area contributed by atoms with Crippen LogP contribution in [0.4, 0.5) is 5.69 Å². The van der Waals surface area contributed by atoms with E-state index in [1.165, 1.54) is 20.5 Å². The Morgan fingerprint density at radius 2 is 1.69 bits per heavy atom. The molecule has 0 unspecified atom stereocenters. The summed E-state index contributed by atoms with van der Waals surface area (Å²) in [4.78, 5) is 43.9. The lowest BCUT2D eigenvalue weighted by atomic mass is 10.2. The maximum absolute atomic E-state index is 13.5. The van der Waals surface area contributed by atoms with Crippen molar-refractivity contribution in [3.63, 3.8) is 0 Å². The Bertz CT molecular complexity index is 1490. The number of ether oxygens (including phenoxy) is 1. The Morgan fingerprint density at radius 3 is 2.37 bits per heavy atom. The van der Waals surface area contributed by atoms with Crippen LogP contribution in [0.15, 0.2) is 69.6 Å². The molecular formula is C26H26N4O4S. The molecule has 180 valence electrons. The Balaban J connectivity index is 1.40. The van der Waals surface area contributed by atoms with Crippen molar-refractivity contribution >= 4 is 33.1 Å². The third-order valence-corrected chi connectivity index (χ3v) is 7.37. The van der Waals surface area contributed by atoms with Crippen LogP contribution < -0.4 is 20.9 Å². The summed E-state index contributed by atoms with van der Waals surface area (Å²) in [6, 6.07) is 16.9. The second-order valence-corrected chi connectivity index (χ2v) is 9.41. The SMILES string of the molecule is COc1ccc(N2CCN(C(=O)Cn3c(=O)n(-c4ccccc4C)c(=O)c4sccc43)CC2)cc1. The van der Waals surface area contributed by atoms with E-state index < -0.39 is 5.69 Å². The minimum atomic E-state index is -0.500. The highest BCUT2D eigenvalue weighted by atomic mass is 32.1. The molecule has 0 spiro atoms. The van der Waals surface area contributed by atoms with Gasteiger partial charge in [0.1, 0.15) is 17.0 Å². The average Bonchev–Trinajstić information content (AvgIpc) is 3.38. The molecule has 0 bridgehead atoms. The molecule has 35 heavy (non-hydrogen) atoms. The van der Waals surface area contributed by atoms with Crippen molar-refractivity contribution < 1.29 is 9.53 Å². The lowest BCUT2D eigenvalue weighted by molar-refractivity contribution is -0.132. The number of hydrogen-bond donors (Lipinski definition) is 0. The van der Waals surface area contributed by atoms with Gasteiger partial charge in [0.2, 0.25) is 5.91 Å². The van der Waals surface area contributed by atoms with Crippen LogP contribution in [0.3, 0.4) is 0 Å². The third-order valence-electron chi connectivity index (χ3n) is 6.47. The van der Waals surface area contributed by atoms with E-state index in [9.17, 15) is 14.4 Å². The number of anilines is 1. The average molecular weight is 491 g/mol. The van der Waals surface area contributed by atoms with E-state index in [4.69, 9.17) is 4.74 Å². The van der Waals surface area contributed by atoms with Crippen molar-refractivity contribution in [2.75, 3.05) is 38.2 Å². The van der Waals surface area contributed by atoms with Crippen LogP contribution in [0.1, 0.15) is 5.56 Å². The molecule has 9 heteroatoms. The molecule has 8 nitrogen and oxygen atoms in total. The lowest BCUT2D eigenvalue weighted by Gasteiger charge is -2.36. The van der Waals surface area contributed by atoms with Gasteiger partial charge in [0.15, 0.2) is 0 Å². The van der Waals surface area contributed by atoms with Gasteiger partial charge >= 0.3 is 5.69 Å². The number of thiophene rings is 1. The Kier molecular flexibility index (Phi) is 6.17. The summed E-state index contributed by atoms with van der Waals surface area (Å²) in [5, 5.41) is 1.78. The molecule has 0 atom stereocenters. The second kappa shape index (κ2) is 9.42. The number of carbonyl (C=O) groups is 1. The lowest BCUT2D eigenvalue weighted by Crippen LogP contribution is -2.50. The second-order valence-electron chi connectivity index (χ2n) is 8.50. The molecule has 0 saturated carbocycles. The fourth-order valence-electron chi connectivity index (χ4n) is 4.51. The summed E-state index contributed by atoms with van der Waals surface area (Å²) in [7, 11) is 1.64. The number of piperazine rings is 1. The van der Waals surface area contributed by atoms with E-state index >= 15 is 0 Å². The molecule has 5 rings (SSSR count). The quantitative estimate of drug-likeness (QED) is 0.430. The smallest absolute Gasteiger partial charge is 0.336 e. The predicted octanol–water partition coefficient (Wildman–Crippen LogP) is 2.88. The molecular weight excluding hydrogens is 464 g/mol. The molecule has 1 aliphatic heterocycles. The van der Waals surface area contributed by atoms with Crippen molar-refractivity contribution in [1.29, 1.82) is 0 Å². The number of nitrogens with zero attached hydrogens (tertiary/aromatic N) is 4. The van der Waals surface area contributed by atoms with Crippen molar-refractivity contribution in [2.45, 2.75) is 13.5 Å². The molecule has 4 aromatic rings. The van der Waals surface area contributed by atoms with E-state index in [1.807, 2.05) is 43.3 Å². The van der Waals surface area contributed by atoms with Gasteiger partial charge in [-0.05, 0) is 54.3 Å². The largest absolute Gasteiger partial charge is 0.497 e. The highest BCUT2D eigenvalue weighted by molar-refractivity contribution is 7.17. The summed E-state index contributed by atoms with van der Waals surface area (Å²) >= 11 is 1.28. The highest BCUT2D eigenvalue weighted by Crippen LogP contribution is 2.21. The van der Waals surface area contributed by atoms with Gasteiger partial charge in [-0.1, -0.05) is 18.2 Å². The topological polar surface area (TPSA) is 76.8 Å². The zero-order chi connectivity index (χ0) is 24.5. The van der Waals surface area contributed by atoms with Gasteiger partial charge in [0.05, 0.1) is 18.3 Å². The first-order valence-electron chi connectivity index (χ1n) is 11.4. The van der Waals surface area contributed by atoms with Crippen molar-refractivity contribution in [3.05, 3.63) is 86.4 Å². The molecule has 2 aromatic heterocycles. The maximum Gasteiger partial charge on any atom is 0.336 e. The number of para-hydroxylation sites is 1. The normalized spacial score (nSPS) is 13.9. The molecule has 0 N–H and O–H groups in total. The first-order valence-corrected chi connectivity index (χ1v) is 12.3. The van der Waals surface area contributed by atoms with Crippen LogP contribution in [0.5, 0.6) is 5.75 Å². The van der Waals surface area contributed by atoms with Gasteiger partial charge in [0, 0.05) is 31.9 Å². The maximum atomic E-state index is 13.5. The summed E-state index contributed by atoms with van der Waals surface area (Å²) in [5.74, 6) is 0.670. The van der Waals surface area contributed by atoms with Crippen molar-refractivity contribution in [2.24, 2.45) is 0 Å². The number of aryl methyl sites for hydroxylation is 1. The number of amides is 1. The minimum Gasteiger partial charge on any atom is -0.497 e. The first-order chi connectivity index (χ1) is 17.0. The Morgan fingerprint density at radius 1 is 0.971 bits per heavy atom. The van der Waals surface area contributed by atoms with E-state index in [0.29, 0.717) is 42.1 Å². The number of carbonyl (C=O) groups excluding carboxylic acids is 1. The summed E-state index contributed by atoms with van der Waals surface area (Å²) in [5.41, 5.74) is 2.08. The molecule has 3 heterocycles. The van der Waals surface area contributed by atoms with E-state index in [1.54, 1.807) is 35.6 Å². The molecule has 2 aromatic carbocycles. The fourth-order valence-corrected chi connectivity index (χ4v) is 5.33. The Hall–Kier alpha value is -3.85. The van der Waals surface area contributed by atoms with Crippen molar-refractivity contribution in [3.8, 4) is 11.4 Å². The zero-order valence-electron chi connectivity index (χ0n) is 19.6. The number of benzene rings is 2. The summed E-state index contributed by atoms with van der Waals surface area (Å²) < 4.78 is 8.30. The van der Waals surface area contributed by atoms with Gasteiger partial charge in [-0.25, -0.2) is 9.36 Å². The standard InChI is InChI=1S/C26H26N4O4S/c1-18-5-3-4-6-21(18)30-25(32)24-22(11-16-35-24)29(26(30)33)17-23(31)28-14-12-27(13-15-28)19-7-9-20(34-2)10-8-19/h3-11,16H,12-15,17H2,1-2H3. The van der Waals surface area contributed by atoms with E-state index in [2.05, 4.69) is 4.90 Å². The van der Waals surface area contributed by atoms with E-state index in [0.717, 1.165) is 17.0 Å². The molecule has 0 radical (unpaired) electrons. The first kappa shape index (κ1) is 22.9. The number of aromatic nitrogens is 2. The van der Waals surface area contributed by atoms with Gasteiger partial charge in [0.25, 0.3) is 5.56 Å². The molecule has 1 saturated heterocycles. The Labute approximate surface area is 206 Å². The number of hydrogen-bond acceptors (Lipinski definition) is 6. The predicted molar refractivity (Wildman–Crippen MR) is 138 cm³/mol. The highest BCUT2D eigenvalue weighted by Gasteiger charge is 2.24. The molecule has 1 amide bonds. The van der Waals surface area contributed by atoms with Crippen LogP contribution in [-0.2, 0) is 11.3 Å². The molecule has 1 aliphatic rings. The minimum absolute atomic E-state index is 0.110. The third kappa shape index (κ3) is 4.23. The molecule has 1 fully saturated rings. The number of rotatable bonds is 5. The molecule has 0 aliphatic carbocycles. The number of methoxy groups -OCH3 is 1.